The number of benzene rings is 2. The first-order chi connectivity index (χ1) is 10.3. The fourth-order valence-corrected chi connectivity index (χ4v) is 3.68. The molecule has 2 aromatic rings. The third-order valence-electron chi connectivity index (χ3n) is 5.18. The number of hydrogen-bond acceptors (Lipinski definition) is 1. The van der Waals surface area contributed by atoms with E-state index in [1.54, 1.807) is 0 Å². The van der Waals surface area contributed by atoms with Crippen molar-refractivity contribution in [2.45, 2.75) is 32.2 Å². The molecule has 1 nitrogen and oxygen atoms in total. The van der Waals surface area contributed by atoms with Gasteiger partial charge in [-0.3, -0.25) is 0 Å². The smallest absolute Gasteiger partial charge is 0.0582 e. The third kappa shape index (κ3) is 2.51. The summed E-state index contributed by atoms with van der Waals surface area (Å²) in [5.41, 5.74) is 5.90. The van der Waals surface area contributed by atoms with Gasteiger partial charge >= 0.3 is 0 Å². The second-order valence-electron chi connectivity index (χ2n) is 6.73. The summed E-state index contributed by atoms with van der Waals surface area (Å²) in [5.74, 6) is 1.76. The summed E-state index contributed by atoms with van der Waals surface area (Å²) in [6.07, 6.45) is 3.93. The van der Waals surface area contributed by atoms with E-state index >= 15 is 0 Å². The van der Waals surface area contributed by atoms with E-state index in [-0.39, 0.29) is 0 Å². The molecule has 0 saturated heterocycles. The number of nitrogens with one attached hydrogen (secondary N) is 1. The van der Waals surface area contributed by atoms with E-state index in [9.17, 15) is 0 Å². The van der Waals surface area contributed by atoms with Crippen LogP contribution >= 0.6 is 0 Å². The predicted molar refractivity (Wildman–Crippen MR) is 87.4 cm³/mol. The number of hydrogen-bond donors (Lipinski definition) is 1. The zero-order valence-corrected chi connectivity index (χ0v) is 12.7. The number of rotatable bonds is 4. The van der Waals surface area contributed by atoms with Crippen LogP contribution in [0, 0.1) is 11.8 Å². The molecule has 0 spiro atoms. The lowest BCUT2D eigenvalue weighted by atomic mass is 9.82. The van der Waals surface area contributed by atoms with Crippen LogP contribution in [0.5, 0.6) is 0 Å². The zero-order valence-electron chi connectivity index (χ0n) is 12.7. The summed E-state index contributed by atoms with van der Waals surface area (Å²) in [6, 6.07) is 18.2. The van der Waals surface area contributed by atoms with Gasteiger partial charge in [0.2, 0.25) is 0 Å². The Labute approximate surface area is 127 Å². The average molecular weight is 277 g/mol. The van der Waals surface area contributed by atoms with Gasteiger partial charge in [-0.25, -0.2) is 0 Å². The maximum Gasteiger partial charge on any atom is 0.0582 e. The lowest BCUT2D eigenvalue weighted by Crippen LogP contribution is -2.31. The molecule has 1 heteroatoms. The highest BCUT2D eigenvalue weighted by Gasteiger charge is 2.30. The first-order valence-corrected chi connectivity index (χ1v) is 8.22. The minimum Gasteiger partial charge on any atom is -0.306 e. The van der Waals surface area contributed by atoms with Crippen molar-refractivity contribution in [1.82, 2.24) is 5.32 Å². The van der Waals surface area contributed by atoms with Crippen molar-refractivity contribution < 1.29 is 0 Å². The maximum atomic E-state index is 3.86. The first kappa shape index (κ1) is 13.1. The Balaban J connectivity index is 1.64. The predicted octanol–water partition coefficient (Wildman–Crippen LogP) is 4.32. The molecular weight excluding hydrogens is 254 g/mol. The van der Waals surface area contributed by atoms with Gasteiger partial charge in [0.15, 0.2) is 0 Å². The second kappa shape index (κ2) is 5.31. The van der Waals surface area contributed by atoms with Crippen LogP contribution in [-0.4, -0.2) is 6.54 Å². The van der Waals surface area contributed by atoms with Gasteiger partial charge in [-0.2, -0.15) is 0 Å². The number of fused-ring (bicyclic) bond motifs is 2. The standard InChI is InChI=1S/C20H23N/c1-14(15-10-11-15)13-21-20-18-8-4-2-6-16(18)12-17-7-3-5-9-19(17)20/h2-9,14-15,20-21H,10-13H2,1H3. The van der Waals surface area contributed by atoms with Crippen LogP contribution in [0.4, 0.5) is 0 Å². The molecule has 21 heavy (non-hydrogen) atoms. The van der Waals surface area contributed by atoms with Crippen molar-refractivity contribution in [1.29, 1.82) is 0 Å². The summed E-state index contributed by atoms with van der Waals surface area (Å²) in [7, 11) is 0. The van der Waals surface area contributed by atoms with Crippen LogP contribution < -0.4 is 5.32 Å². The molecule has 1 atom stereocenters. The van der Waals surface area contributed by atoms with Crippen LogP contribution in [-0.2, 0) is 6.42 Å². The lowest BCUT2D eigenvalue weighted by molar-refractivity contribution is 0.438. The van der Waals surface area contributed by atoms with Gasteiger partial charge in [-0.15, -0.1) is 0 Å². The minimum atomic E-state index is 0.368. The van der Waals surface area contributed by atoms with Crippen molar-refractivity contribution in [2.75, 3.05) is 6.54 Å². The van der Waals surface area contributed by atoms with Crippen LogP contribution in [0.1, 0.15) is 48.1 Å². The van der Waals surface area contributed by atoms with E-state index in [1.165, 1.54) is 35.1 Å². The largest absolute Gasteiger partial charge is 0.306 e. The van der Waals surface area contributed by atoms with Crippen molar-refractivity contribution in [3.8, 4) is 0 Å². The van der Waals surface area contributed by atoms with Gasteiger partial charge in [0.05, 0.1) is 6.04 Å². The van der Waals surface area contributed by atoms with Gasteiger partial charge in [0, 0.05) is 0 Å². The van der Waals surface area contributed by atoms with Crippen LogP contribution in [0.15, 0.2) is 48.5 Å². The SMILES string of the molecule is CC(CNC1c2ccccc2Cc2ccccc21)C1CC1. The Morgan fingerprint density at radius 3 is 2.10 bits per heavy atom. The quantitative estimate of drug-likeness (QED) is 0.878. The molecular formula is C20H23N. The van der Waals surface area contributed by atoms with Crippen molar-refractivity contribution in [3.05, 3.63) is 70.8 Å². The van der Waals surface area contributed by atoms with Gasteiger partial charge < -0.3 is 5.32 Å². The Morgan fingerprint density at radius 2 is 1.52 bits per heavy atom. The monoisotopic (exact) mass is 277 g/mol. The lowest BCUT2D eigenvalue weighted by Gasteiger charge is -2.30. The van der Waals surface area contributed by atoms with Crippen molar-refractivity contribution in [3.63, 3.8) is 0 Å². The zero-order chi connectivity index (χ0) is 14.2. The summed E-state index contributed by atoms with van der Waals surface area (Å²) in [4.78, 5) is 0. The molecule has 0 bridgehead atoms. The molecule has 2 aromatic carbocycles. The Bertz CT molecular complexity index is 596. The molecule has 0 heterocycles. The molecule has 108 valence electrons. The Kier molecular flexibility index (Phi) is 3.31. The van der Waals surface area contributed by atoms with Gasteiger partial charge in [-0.05, 0) is 59.9 Å². The van der Waals surface area contributed by atoms with E-state index in [4.69, 9.17) is 0 Å². The summed E-state index contributed by atoms with van der Waals surface area (Å²) >= 11 is 0. The van der Waals surface area contributed by atoms with E-state index in [2.05, 4.69) is 60.8 Å². The summed E-state index contributed by atoms with van der Waals surface area (Å²) < 4.78 is 0. The molecule has 0 amide bonds. The minimum absolute atomic E-state index is 0.368. The van der Waals surface area contributed by atoms with Crippen LogP contribution in [0.3, 0.4) is 0 Å². The Hall–Kier alpha value is -1.60. The van der Waals surface area contributed by atoms with Gasteiger partial charge in [-0.1, -0.05) is 55.5 Å². The molecule has 1 N–H and O–H groups in total. The van der Waals surface area contributed by atoms with Crippen molar-refractivity contribution in [2.24, 2.45) is 11.8 Å². The second-order valence-corrected chi connectivity index (χ2v) is 6.73. The van der Waals surface area contributed by atoms with E-state index in [0.29, 0.717) is 6.04 Å². The molecule has 1 fully saturated rings. The van der Waals surface area contributed by atoms with Crippen molar-refractivity contribution >= 4 is 0 Å². The van der Waals surface area contributed by atoms with Crippen LogP contribution in [0.25, 0.3) is 0 Å². The molecule has 1 unspecified atom stereocenters. The highest BCUT2D eigenvalue weighted by atomic mass is 14.9. The van der Waals surface area contributed by atoms with E-state index in [1.807, 2.05) is 0 Å². The third-order valence-corrected chi connectivity index (χ3v) is 5.18. The highest BCUT2D eigenvalue weighted by Crippen LogP contribution is 2.38. The van der Waals surface area contributed by atoms with Gasteiger partial charge in [0.1, 0.15) is 0 Å². The summed E-state index contributed by atoms with van der Waals surface area (Å²) in [5, 5.41) is 3.86. The average Bonchev–Trinajstić information content (AvgIpc) is 3.36. The normalized spacial score (nSPS) is 18.9. The van der Waals surface area contributed by atoms with Crippen LogP contribution in [0.2, 0.25) is 0 Å². The Morgan fingerprint density at radius 1 is 0.952 bits per heavy atom. The van der Waals surface area contributed by atoms with Gasteiger partial charge in [0.25, 0.3) is 0 Å². The molecule has 1 saturated carbocycles. The van der Waals surface area contributed by atoms with E-state index < -0.39 is 0 Å². The molecule has 0 aromatic heterocycles. The molecule has 2 aliphatic carbocycles. The topological polar surface area (TPSA) is 12.0 Å². The fourth-order valence-electron chi connectivity index (χ4n) is 3.68. The molecule has 4 rings (SSSR count). The molecule has 0 radical (unpaired) electrons. The fraction of sp³-hybridized carbons (Fsp3) is 0.400. The highest BCUT2D eigenvalue weighted by molar-refractivity contribution is 5.48. The summed E-state index contributed by atoms with van der Waals surface area (Å²) in [6.45, 7) is 3.52. The molecule has 2 aliphatic rings. The molecule has 0 aliphatic heterocycles. The van der Waals surface area contributed by atoms with E-state index in [0.717, 1.165) is 24.8 Å². The first-order valence-electron chi connectivity index (χ1n) is 8.22. The maximum absolute atomic E-state index is 3.86.